The number of hydrogen-bond donors (Lipinski definition) is 1. The lowest BCUT2D eigenvalue weighted by molar-refractivity contribution is -0.244. The Morgan fingerprint density at radius 2 is 1.76 bits per heavy atom. The molecular formula is C38H54F2N2O4. The molecule has 1 aromatic rings. The average molecular weight is 641 g/mol. The molecule has 0 radical (unpaired) electrons. The van der Waals surface area contributed by atoms with E-state index >= 15 is 0 Å². The molecule has 0 bridgehead atoms. The van der Waals surface area contributed by atoms with Crippen molar-refractivity contribution >= 4 is 5.91 Å². The van der Waals surface area contributed by atoms with E-state index in [1.807, 2.05) is 4.90 Å². The van der Waals surface area contributed by atoms with E-state index in [1.165, 1.54) is 63.5 Å². The lowest BCUT2D eigenvalue weighted by Gasteiger charge is -2.60. The Balaban J connectivity index is 0.918. The van der Waals surface area contributed by atoms with Crippen molar-refractivity contribution in [3.63, 3.8) is 0 Å². The minimum absolute atomic E-state index is 0.0830. The summed E-state index contributed by atoms with van der Waals surface area (Å²) < 4.78 is 46.9. The molecule has 2 heterocycles. The van der Waals surface area contributed by atoms with E-state index in [0.29, 0.717) is 66.0 Å². The second-order valence-electron chi connectivity index (χ2n) is 17.2. The molecule has 7 aliphatic rings. The van der Waals surface area contributed by atoms with Crippen LogP contribution in [0.2, 0.25) is 0 Å². The molecule has 5 saturated carbocycles. The SMILES string of the molecule is CC(=O)N1CCOC(O[C@H]2CCC34C[C@]35CCC3(C)C6CCC(CNCc7cc(F)cc(F)c7)OC6CC3C5CCC4C2(C)C)C1. The van der Waals surface area contributed by atoms with Crippen molar-refractivity contribution in [3.8, 4) is 0 Å². The molecule has 7 fully saturated rings. The van der Waals surface area contributed by atoms with Gasteiger partial charge in [0.2, 0.25) is 5.91 Å². The largest absolute Gasteiger partial charge is 0.373 e. The minimum atomic E-state index is -0.527. The fourth-order valence-corrected chi connectivity index (χ4v) is 12.9. The maximum Gasteiger partial charge on any atom is 0.219 e. The van der Waals surface area contributed by atoms with Crippen LogP contribution in [0.3, 0.4) is 0 Å². The van der Waals surface area contributed by atoms with Crippen LogP contribution in [0.5, 0.6) is 0 Å². The summed E-state index contributed by atoms with van der Waals surface area (Å²) in [6.45, 7) is 12.1. The third-order valence-corrected chi connectivity index (χ3v) is 15.0. The molecular weight excluding hydrogens is 586 g/mol. The van der Waals surface area contributed by atoms with Crippen LogP contribution in [0.15, 0.2) is 18.2 Å². The van der Waals surface area contributed by atoms with Gasteiger partial charge >= 0.3 is 0 Å². The number of hydrogen-bond acceptors (Lipinski definition) is 5. The second-order valence-corrected chi connectivity index (χ2v) is 17.2. The van der Waals surface area contributed by atoms with Gasteiger partial charge in [0.05, 0.1) is 31.5 Å². The highest BCUT2D eigenvalue weighted by molar-refractivity contribution is 5.73. The second kappa shape index (κ2) is 11.2. The van der Waals surface area contributed by atoms with E-state index in [-0.39, 0.29) is 29.8 Å². The first-order chi connectivity index (χ1) is 21.9. The Bertz CT molecular complexity index is 1340. The number of ether oxygens (including phenoxy) is 3. The lowest BCUT2D eigenvalue weighted by Crippen LogP contribution is -2.56. The molecule has 2 saturated heterocycles. The van der Waals surface area contributed by atoms with Crippen molar-refractivity contribution in [1.82, 2.24) is 10.2 Å². The van der Waals surface area contributed by atoms with Gasteiger partial charge < -0.3 is 24.4 Å². The molecule has 2 aliphatic heterocycles. The summed E-state index contributed by atoms with van der Waals surface area (Å²) in [5.74, 6) is 1.90. The van der Waals surface area contributed by atoms with Gasteiger partial charge in [0, 0.05) is 32.6 Å². The Hall–Kier alpha value is -1.61. The molecule has 8 heteroatoms. The van der Waals surface area contributed by atoms with E-state index in [0.717, 1.165) is 37.3 Å². The quantitative estimate of drug-likeness (QED) is 0.369. The number of carbonyl (C=O) groups excluding carboxylic acids is 1. The summed E-state index contributed by atoms with van der Waals surface area (Å²) in [5.41, 5.74) is 2.03. The number of nitrogens with zero attached hydrogens (tertiary/aromatic N) is 1. The number of benzene rings is 1. The molecule has 1 amide bonds. The van der Waals surface area contributed by atoms with Gasteiger partial charge in [-0.25, -0.2) is 8.78 Å². The van der Waals surface area contributed by atoms with Gasteiger partial charge in [-0.2, -0.15) is 0 Å². The Labute approximate surface area is 273 Å². The number of morpholine rings is 1. The first-order valence-electron chi connectivity index (χ1n) is 18.3. The number of nitrogens with one attached hydrogen (secondary N) is 1. The molecule has 2 spiro atoms. The van der Waals surface area contributed by atoms with E-state index in [9.17, 15) is 13.6 Å². The van der Waals surface area contributed by atoms with Gasteiger partial charge in [0.15, 0.2) is 6.29 Å². The van der Waals surface area contributed by atoms with Crippen molar-refractivity contribution in [2.24, 2.45) is 45.3 Å². The highest BCUT2D eigenvalue weighted by Crippen LogP contribution is 2.87. The highest BCUT2D eigenvalue weighted by Gasteiger charge is 2.80. The van der Waals surface area contributed by atoms with Gasteiger partial charge in [-0.05, 0) is 127 Å². The van der Waals surface area contributed by atoms with E-state index in [2.05, 4.69) is 26.1 Å². The smallest absolute Gasteiger partial charge is 0.219 e. The van der Waals surface area contributed by atoms with Gasteiger partial charge in [0.1, 0.15) is 11.6 Å². The van der Waals surface area contributed by atoms with Crippen molar-refractivity contribution < 1.29 is 27.8 Å². The third kappa shape index (κ3) is 4.85. The summed E-state index contributed by atoms with van der Waals surface area (Å²) in [5, 5.41) is 3.42. The molecule has 1 aromatic carbocycles. The fraction of sp³-hybridized carbons (Fsp3) is 0.816. The van der Waals surface area contributed by atoms with E-state index in [1.54, 1.807) is 6.92 Å². The summed E-state index contributed by atoms with van der Waals surface area (Å²) >= 11 is 0. The minimum Gasteiger partial charge on any atom is -0.373 e. The lowest BCUT2D eigenvalue weighted by atomic mass is 9.46. The Morgan fingerprint density at radius 1 is 0.978 bits per heavy atom. The Morgan fingerprint density at radius 3 is 2.54 bits per heavy atom. The molecule has 8 rings (SSSR count). The zero-order valence-corrected chi connectivity index (χ0v) is 28.3. The van der Waals surface area contributed by atoms with Gasteiger partial charge in [-0.15, -0.1) is 0 Å². The zero-order chi connectivity index (χ0) is 32.1. The molecule has 6 nitrogen and oxygen atoms in total. The van der Waals surface area contributed by atoms with Crippen molar-refractivity contribution in [2.45, 2.75) is 123 Å². The maximum absolute atomic E-state index is 13.6. The van der Waals surface area contributed by atoms with Crippen LogP contribution in [0.25, 0.3) is 0 Å². The Kier molecular flexibility index (Phi) is 7.71. The van der Waals surface area contributed by atoms with Gasteiger partial charge in [-0.1, -0.05) is 20.8 Å². The van der Waals surface area contributed by atoms with E-state index < -0.39 is 11.6 Å². The molecule has 9 unspecified atom stereocenters. The van der Waals surface area contributed by atoms with Gasteiger partial charge in [0.25, 0.3) is 0 Å². The van der Waals surface area contributed by atoms with Crippen LogP contribution in [0.1, 0.15) is 97.5 Å². The van der Waals surface area contributed by atoms with Crippen LogP contribution < -0.4 is 5.32 Å². The topological polar surface area (TPSA) is 60.0 Å². The maximum atomic E-state index is 13.6. The molecule has 254 valence electrons. The fourth-order valence-electron chi connectivity index (χ4n) is 12.9. The van der Waals surface area contributed by atoms with Crippen LogP contribution in [0.4, 0.5) is 8.78 Å². The standard InChI is InChI=1S/C38H54F2N2O4/c1-23(43)42-13-14-44-34(21-42)46-33-9-10-38-22-37(38)12-11-36(4)29-6-5-27(20-41-19-24-15-25(39)17-26(40)16-24)45-31(29)18-30(36)28(37)7-8-32(38)35(33,2)3/h15-17,27-34,41H,5-14,18-22H2,1-4H3/t27?,28?,29?,30?,31?,32?,33-,34?,36?,37-,38?/m0/s1. The summed E-state index contributed by atoms with van der Waals surface area (Å²) in [4.78, 5) is 13.9. The number of carbonyl (C=O) groups is 1. The highest BCUT2D eigenvalue weighted by atomic mass is 19.1. The summed E-state index contributed by atoms with van der Waals surface area (Å²) in [6.07, 6.45) is 12.9. The average Bonchev–Trinajstić information content (AvgIpc) is 3.58. The molecule has 11 atom stereocenters. The molecule has 0 aromatic heterocycles. The van der Waals surface area contributed by atoms with Crippen molar-refractivity contribution in [1.29, 1.82) is 0 Å². The number of halogens is 2. The molecule has 1 N–H and O–H groups in total. The number of fused-ring (bicyclic) bond motifs is 4. The zero-order valence-electron chi connectivity index (χ0n) is 28.3. The predicted octanol–water partition coefficient (Wildman–Crippen LogP) is 6.85. The summed E-state index contributed by atoms with van der Waals surface area (Å²) in [6, 6.07) is 3.73. The third-order valence-electron chi connectivity index (χ3n) is 15.0. The number of amides is 1. The van der Waals surface area contributed by atoms with Crippen LogP contribution in [0, 0.1) is 57.0 Å². The predicted molar refractivity (Wildman–Crippen MR) is 170 cm³/mol. The monoisotopic (exact) mass is 640 g/mol. The van der Waals surface area contributed by atoms with Crippen molar-refractivity contribution in [3.05, 3.63) is 35.4 Å². The summed E-state index contributed by atoms with van der Waals surface area (Å²) in [7, 11) is 0. The molecule has 5 aliphatic carbocycles. The van der Waals surface area contributed by atoms with Gasteiger partial charge in [-0.3, -0.25) is 4.79 Å². The van der Waals surface area contributed by atoms with E-state index in [4.69, 9.17) is 14.2 Å². The van der Waals surface area contributed by atoms with Crippen LogP contribution in [-0.4, -0.2) is 61.7 Å². The normalized spacial score (nSPS) is 45.6. The van der Waals surface area contributed by atoms with Crippen molar-refractivity contribution in [2.75, 3.05) is 26.2 Å². The first-order valence-corrected chi connectivity index (χ1v) is 18.3. The first kappa shape index (κ1) is 31.6. The molecule has 46 heavy (non-hydrogen) atoms. The van der Waals surface area contributed by atoms with Crippen LogP contribution >= 0.6 is 0 Å². The number of rotatable bonds is 6. The van der Waals surface area contributed by atoms with Crippen LogP contribution in [-0.2, 0) is 25.5 Å².